The van der Waals surface area contributed by atoms with Gasteiger partial charge in [-0.05, 0) is 41.8 Å². The van der Waals surface area contributed by atoms with Crippen molar-refractivity contribution in [3.63, 3.8) is 0 Å². The summed E-state index contributed by atoms with van der Waals surface area (Å²) in [7, 11) is 1.66. The molecule has 1 aromatic heterocycles. The highest BCUT2D eigenvalue weighted by atomic mass is 32.1. The van der Waals surface area contributed by atoms with Gasteiger partial charge in [0.25, 0.3) is 0 Å². The molecule has 0 saturated carbocycles. The summed E-state index contributed by atoms with van der Waals surface area (Å²) in [4.78, 5) is 31.4. The van der Waals surface area contributed by atoms with Gasteiger partial charge in [-0.3, -0.25) is 9.59 Å². The van der Waals surface area contributed by atoms with E-state index in [0.29, 0.717) is 26.1 Å². The zero-order valence-corrected chi connectivity index (χ0v) is 19.5. The van der Waals surface area contributed by atoms with Crippen molar-refractivity contribution < 1.29 is 14.3 Å². The number of carbonyl (C=O) groups is 2. The number of rotatable bonds is 11. The predicted octanol–water partition coefficient (Wildman–Crippen LogP) is 4.67. The Bertz CT molecular complexity index is 836. The second-order valence-corrected chi connectivity index (χ2v) is 9.07. The van der Waals surface area contributed by atoms with Gasteiger partial charge in [0.05, 0.1) is 12.6 Å². The Labute approximate surface area is 190 Å². The molecule has 31 heavy (non-hydrogen) atoms. The van der Waals surface area contributed by atoms with Crippen LogP contribution in [-0.2, 0) is 20.7 Å². The Hall–Kier alpha value is -2.18. The first-order valence-corrected chi connectivity index (χ1v) is 12.2. The molecule has 0 aliphatic carbocycles. The van der Waals surface area contributed by atoms with Gasteiger partial charge in [0.2, 0.25) is 11.8 Å². The maximum Gasteiger partial charge on any atom is 0.242 e. The summed E-state index contributed by atoms with van der Waals surface area (Å²) < 4.78 is 5.16. The van der Waals surface area contributed by atoms with Gasteiger partial charge in [0, 0.05) is 38.1 Å². The number of benzene rings is 1. The molecule has 2 aromatic rings. The van der Waals surface area contributed by atoms with Crippen molar-refractivity contribution in [1.82, 2.24) is 9.80 Å². The third-order valence-corrected chi connectivity index (χ3v) is 6.85. The normalized spacial score (nSPS) is 15.5. The molecule has 168 valence electrons. The van der Waals surface area contributed by atoms with Crippen LogP contribution in [0.1, 0.15) is 61.1 Å². The summed E-state index contributed by atoms with van der Waals surface area (Å²) in [6.07, 6.45) is 5.10. The molecular weight excluding hydrogens is 408 g/mol. The van der Waals surface area contributed by atoms with Crippen molar-refractivity contribution in [3.8, 4) is 0 Å². The van der Waals surface area contributed by atoms with Crippen molar-refractivity contribution >= 4 is 23.2 Å². The fourth-order valence-corrected chi connectivity index (χ4v) is 5.11. The van der Waals surface area contributed by atoms with E-state index in [1.54, 1.807) is 23.3 Å². The van der Waals surface area contributed by atoms with Crippen LogP contribution < -0.4 is 0 Å². The van der Waals surface area contributed by atoms with Gasteiger partial charge < -0.3 is 14.5 Å². The van der Waals surface area contributed by atoms with Crippen molar-refractivity contribution in [3.05, 3.63) is 57.8 Å². The van der Waals surface area contributed by atoms with Gasteiger partial charge >= 0.3 is 0 Å². The standard InChI is InChI=1S/C25H34N2O3S/c1-3-4-6-12-23(28)26(15-9-17-30-2)19-24(29)27-16-13-22-21(14-18-31-22)25(27)20-10-7-5-8-11-20/h5,7-8,10-11,14,18,25H,3-4,6,9,12-13,15-17,19H2,1-2H3. The molecule has 0 radical (unpaired) electrons. The van der Waals surface area contributed by atoms with Gasteiger partial charge in [-0.15, -0.1) is 11.3 Å². The van der Waals surface area contributed by atoms with Crippen LogP contribution in [0.5, 0.6) is 0 Å². The molecule has 3 rings (SSSR count). The van der Waals surface area contributed by atoms with E-state index < -0.39 is 0 Å². The van der Waals surface area contributed by atoms with Crippen molar-refractivity contribution in [2.75, 3.05) is 33.4 Å². The van der Waals surface area contributed by atoms with E-state index in [2.05, 4.69) is 30.5 Å². The number of methoxy groups -OCH3 is 1. The van der Waals surface area contributed by atoms with Crippen LogP contribution in [-0.4, -0.2) is 55.0 Å². The molecular formula is C25H34N2O3S. The average molecular weight is 443 g/mol. The van der Waals surface area contributed by atoms with Crippen LogP contribution in [0.2, 0.25) is 0 Å². The van der Waals surface area contributed by atoms with Crippen LogP contribution in [0, 0.1) is 0 Å². The third-order valence-electron chi connectivity index (χ3n) is 5.85. The minimum atomic E-state index is -0.0836. The summed E-state index contributed by atoms with van der Waals surface area (Å²) >= 11 is 1.76. The van der Waals surface area contributed by atoms with Gasteiger partial charge in [0.15, 0.2) is 0 Å². The Morgan fingerprint density at radius 3 is 2.71 bits per heavy atom. The Morgan fingerprint density at radius 1 is 1.16 bits per heavy atom. The van der Waals surface area contributed by atoms with Crippen LogP contribution in [0.4, 0.5) is 0 Å². The van der Waals surface area contributed by atoms with E-state index in [-0.39, 0.29) is 24.4 Å². The lowest BCUT2D eigenvalue weighted by atomic mass is 9.93. The first-order valence-electron chi connectivity index (χ1n) is 11.3. The van der Waals surface area contributed by atoms with Crippen molar-refractivity contribution in [2.45, 2.75) is 51.5 Å². The number of hydrogen-bond donors (Lipinski definition) is 0. The minimum absolute atomic E-state index is 0.0203. The van der Waals surface area contributed by atoms with E-state index in [0.717, 1.165) is 37.7 Å². The zero-order chi connectivity index (χ0) is 22.1. The van der Waals surface area contributed by atoms with Crippen molar-refractivity contribution in [1.29, 1.82) is 0 Å². The number of hydrogen-bond acceptors (Lipinski definition) is 4. The van der Waals surface area contributed by atoms with Gasteiger partial charge in [-0.25, -0.2) is 0 Å². The Kier molecular flexibility index (Phi) is 9.10. The summed E-state index contributed by atoms with van der Waals surface area (Å²) in [5.74, 6) is 0.0920. The lowest BCUT2D eigenvalue weighted by Crippen LogP contribution is -2.47. The number of carbonyl (C=O) groups excluding carboxylic acids is 2. The van der Waals surface area contributed by atoms with Crippen LogP contribution in [0.3, 0.4) is 0 Å². The quantitative estimate of drug-likeness (QED) is 0.475. The summed E-state index contributed by atoms with van der Waals surface area (Å²) in [6.45, 7) is 4.09. The zero-order valence-electron chi connectivity index (χ0n) is 18.7. The van der Waals surface area contributed by atoms with E-state index in [1.807, 2.05) is 23.1 Å². The molecule has 0 spiro atoms. The molecule has 1 unspecified atom stereocenters. The van der Waals surface area contributed by atoms with Gasteiger partial charge in [0.1, 0.15) is 0 Å². The van der Waals surface area contributed by atoms with E-state index in [9.17, 15) is 9.59 Å². The first-order chi connectivity index (χ1) is 15.2. The maximum absolute atomic E-state index is 13.5. The number of thiophene rings is 1. The highest BCUT2D eigenvalue weighted by molar-refractivity contribution is 7.10. The molecule has 5 nitrogen and oxygen atoms in total. The Balaban J connectivity index is 1.76. The van der Waals surface area contributed by atoms with Crippen molar-refractivity contribution in [2.24, 2.45) is 0 Å². The highest BCUT2D eigenvalue weighted by Crippen LogP contribution is 2.37. The van der Waals surface area contributed by atoms with E-state index in [1.165, 1.54) is 10.4 Å². The molecule has 0 fully saturated rings. The Morgan fingerprint density at radius 2 is 1.97 bits per heavy atom. The summed E-state index contributed by atoms with van der Waals surface area (Å²) in [6, 6.07) is 12.3. The lowest BCUT2D eigenvalue weighted by molar-refractivity contribution is -0.142. The largest absolute Gasteiger partial charge is 0.385 e. The van der Waals surface area contributed by atoms with Gasteiger partial charge in [-0.2, -0.15) is 0 Å². The molecule has 0 bridgehead atoms. The van der Waals surface area contributed by atoms with E-state index in [4.69, 9.17) is 4.74 Å². The molecule has 2 amide bonds. The molecule has 0 N–H and O–H groups in total. The maximum atomic E-state index is 13.5. The number of ether oxygens (including phenoxy) is 1. The lowest BCUT2D eigenvalue weighted by Gasteiger charge is -2.37. The van der Waals surface area contributed by atoms with Gasteiger partial charge in [-0.1, -0.05) is 50.1 Å². The molecule has 0 saturated heterocycles. The topological polar surface area (TPSA) is 49.9 Å². The average Bonchev–Trinajstić information content (AvgIpc) is 3.27. The second-order valence-electron chi connectivity index (χ2n) is 8.07. The SMILES string of the molecule is CCCCCC(=O)N(CCCOC)CC(=O)N1CCc2sccc2C1c1ccccc1. The summed E-state index contributed by atoms with van der Waals surface area (Å²) in [5.41, 5.74) is 2.34. The third kappa shape index (κ3) is 6.17. The highest BCUT2D eigenvalue weighted by Gasteiger charge is 2.33. The number of nitrogens with zero attached hydrogens (tertiary/aromatic N) is 2. The fraction of sp³-hybridized carbons (Fsp3) is 0.520. The number of unbranched alkanes of at least 4 members (excludes halogenated alkanes) is 2. The molecule has 2 heterocycles. The monoisotopic (exact) mass is 442 g/mol. The van der Waals surface area contributed by atoms with Crippen LogP contribution in [0.25, 0.3) is 0 Å². The van der Waals surface area contributed by atoms with Crippen LogP contribution in [0.15, 0.2) is 41.8 Å². The van der Waals surface area contributed by atoms with E-state index >= 15 is 0 Å². The molecule has 1 aromatic carbocycles. The number of fused-ring (bicyclic) bond motifs is 1. The van der Waals surface area contributed by atoms with Crippen LogP contribution >= 0.6 is 11.3 Å². The smallest absolute Gasteiger partial charge is 0.242 e. The molecule has 1 aliphatic heterocycles. The molecule has 6 heteroatoms. The molecule has 1 atom stereocenters. The number of amides is 2. The fourth-order valence-electron chi connectivity index (χ4n) is 4.21. The second kappa shape index (κ2) is 12.0. The first kappa shape index (κ1) is 23.5. The predicted molar refractivity (Wildman–Crippen MR) is 125 cm³/mol. The minimum Gasteiger partial charge on any atom is -0.385 e. The summed E-state index contributed by atoms with van der Waals surface area (Å²) in [5, 5.41) is 2.11. The molecule has 1 aliphatic rings.